The molecule has 162 valence electrons. The molecule has 0 radical (unpaired) electrons. The van der Waals surface area contributed by atoms with Crippen LogP contribution in [0.3, 0.4) is 0 Å². The first-order valence-corrected chi connectivity index (χ1v) is 10.8. The molecule has 3 aromatic rings. The predicted molar refractivity (Wildman–Crippen MR) is 120 cm³/mol. The molecule has 5 rings (SSSR count). The van der Waals surface area contributed by atoms with Crippen LogP contribution in [0.2, 0.25) is 5.02 Å². The van der Waals surface area contributed by atoms with Crippen LogP contribution in [0.4, 0.5) is 5.69 Å². The van der Waals surface area contributed by atoms with Crippen molar-refractivity contribution in [2.75, 3.05) is 18.8 Å². The van der Waals surface area contributed by atoms with Crippen LogP contribution in [0, 0.1) is 0 Å². The predicted octanol–water partition coefficient (Wildman–Crippen LogP) is 4.77. The summed E-state index contributed by atoms with van der Waals surface area (Å²) in [5.41, 5.74) is 0.762. The van der Waals surface area contributed by atoms with E-state index in [2.05, 4.69) is 0 Å². The molecule has 7 nitrogen and oxygen atoms in total. The van der Waals surface area contributed by atoms with Crippen molar-refractivity contribution in [1.82, 2.24) is 0 Å². The first kappa shape index (κ1) is 20.4. The number of carbonyl (C=O) groups is 2. The summed E-state index contributed by atoms with van der Waals surface area (Å²) in [5.74, 6) is -0.450. The van der Waals surface area contributed by atoms with Crippen LogP contribution in [-0.4, -0.2) is 30.7 Å². The number of aliphatic hydroxyl groups excluding tert-OH is 1. The third-order valence-corrected chi connectivity index (χ3v) is 6.55. The van der Waals surface area contributed by atoms with Crippen molar-refractivity contribution in [3.05, 3.63) is 74.9 Å². The quantitative estimate of drug-likeness (QED) is 0.337. The fourth-order valence-corrected chi connectivity index (χ4v) is 4.83. The summed E-state index contributed by atoms with van der Waals surface area (Å²) < 4.78 is 16.0. The average molecular weight is 470 g/mol. The topological polar surface area (TPSA) is 85.3 Å². The number of amides is 1. The number of ketones is 1. The van der Waals surface area contributed by atoms with E-state index < -0.39 is 17.7 Å². The summed E-state index contributed by atoms with van der Waals surface area (Å²) in [7, 11) is 1.45. The number of hydrogen-bond donors (Lipinski definition) is 1. The minimum absolute atomic E-state index is 0.0144. The van der Waals surface area contributed by atoms with Gasteiger partial charge in [0.25, 0.3) is 11.7 Å². The van der Waals surface area contributed by atoms with Crippen molar-refractivity contribution in [2.24, 2.45) is 0 Å². The van der Waals surface area contributed by atoms with E-state index in [1.165, 1.54) is 29.4 Å². The lowest BCUT2D eigenvalue weighted by Crippen LogP contribution is -2.29. The maximum atomic E-state index is 13.2. The second-order valence-corrected chi connectivity index (χ2v) is 8.46. The van der Waals surface area contributed by atoms with Crippen LogP contribution in [0.15, 0.2) is 59.5 Å². The summed E-state index contributed by atoms with van der Waals surface area (Å²) in [4.78, 5) is 28.4. The first-order chi connectivity index (χ1) is 15.5. The van der Waals surface area contributed by atoms with E-state index in [-0.39, 0.29) is 18.1 Å². The number of carbonyl (C=O) groups excluding carboxylic acids is 2. The SMILES string of the molecule is COc1cc(/C(O)=C2/C(=O)C(=O)N(c3ccc4c(c3)OCO4)C2c2cccs2)ccc1Cl. The molecule has 0 saturated carbocycles. The van der Waals surface area contributed by atoms with Crippen LogP contribution in [-0.2, 0) is 9.59 Å². The number of thiophene rings is 1. The number of rotatable bonds is 4. The number of fused-ring (bicyclic) bond motifs is 1. The number of methoxy groups -OCH3 is 1. The monoisotopic (exact) mass is 469 g/mol. The molecule has 0 aliphatic carbocycles. The molecule has 3 heterocycles. The molecule has 9 heteroatoms. The summed E-state index contributed by atoms with van der Waals surface area (Å²) in [5, 5.41) is 13.4. The largest absolute Gasteiger partial charge is 0.507 e. The molecule has 1 fully saturated rings. The highest BCUT2D eigenvalue weighted by molar-refractivity contribution is 7.10. The molecule has 1 saturated heterocycles. The van der Waals surface area contributed by atoms with Crippen LogP contribution in [0.5, 0.6) is 17.2 Å². The smallest absolute Gasteiger partial charge is 0.300 e. The van der Waals surface area contributed by atoms with Gasteiger partial charge >= 0.3 is 0 Å². The van der Waals surface area contributed by atoms with Crippen molar-refractivity contribution in [2.45, 2.75) is 6.04 Å². The molecule has 1 unspecified atom stereocenters. The van der Waals surface area contributed by atoms with E-state index >= 15 is 0 Å². The van der Waals surface area contributed by atoms with Gasteiger partial charge in [0.05, 0.1) is 17.7 Å². The fourth-order valence-electron chi connectivity index (χ4n) is 3.81. The highest BCUT2D eigenvalue weighted by Crippen LogP contribution is 2.46. The van der Waals surface area contributed by atoms with Crippen molar-refractivity contribution >= 4 is 46.1 Å². The van der Waals surface area contributed by atoms with Gasteiger partial charge < -0.3 is 19.3 Å². The van der Waals surface area contributed by atoms with E-state index in [9.17, 15) is 14.7 Å². The molecule has 2 aliphatic heterocycles. The number of hydrogen-bond acceptors (Lipinski definition) is 7. The van der Waals surface area contributed by atoms with Gasteiger partial charge in [-0.1, -0.05) is 17.7 Å². The second-order valence-electron chi connectivity index (χ2n) is 7.07. The van der Waals surface area contributed by atoms with Gasteiger partial charge in [0.15, 0.2) is 11.5 Å². The highest BCUT2D eigenvalue weighted by Gasteiger charge is 2.47. The molecule has 2 aromatic carbocycles. The van der Waals surface area contributed by atoms with Gasteiger partial charge in [0, 0.05) is 22.2 Å². The van der Waals surface area contributed by atoms with Crippen LogP contribution < -0.4 is 19.1 Å². The average Bonchev–Trinajstić information content (AvgIpc) is 3.54. The zero-order chi connectivity index (χ0) is 22.4. The lowest BCUT2D eigenvalue weighted by molar-refractivity contribution is -0.132. The maximum Gasteiger partial charge on any atom is 0.300 e. The molecule has 1 atom stereocenters. The van der Waals surface area contributed by atoms with Gasteiger partial charge in [0.2, 0.25) is 6.79 Å². The number of Topliss-reactive ketones (excluding diaryl/α,β-unsaturated/α-hetero) is 1. The Morgan fingerprint density at radius 3 is 2.72 bits per heavy atom. The summed E-state index contributed by atoms with van der Waals surface area (Å²) >= 11 is 7.48. The van der Waals surface area contributed by atoms with Crippen LogP contribution in [0.1, 0.15) is 16.5 Å². The Labute approximate surface area is 192 Å². The van der Waals surface area contributed by atoms with Gasteiger partial charge in [-0.3, -0.25) is 14.5 Å². The number of nitrogens with zero attached hydrogens (tertiary/aromatic N) is 1. The van der Waals surface area contributed by atoms with Gasteiger partial charge in [-0.2, -0.15) is 0 Å². The van der Waals surface area contributed by atoms with Gasteiger partial charge in [-0.05, 0) is 41.8 Å². The summed E-state index contributed by atoms with van der Waals surface area (Å²) in [6, 6.07) is 12.5. The van der Waals surface area contributed by atoms with E-state index in [0.717, 1.165) is 4.88 Å². The van der Waals surface area contributed by atoms with E-state index in [1.54, 1.807) is 30.3 Å². The zero-order valence-electron chi connectivity index (χ0n) is 16.7. The first-order valence-electron chi connectivity index (χ1n) is 9.57. The Balaban J connectivity index is 1.68. The minimum Gasteiger partial charge on any atom is -0.507 e. The molecule has 2 aliphatic rings. The normalized spacial score (nSPS) is 18.9. The minimum atomic E-state index is -0.808. The number of halogens is 1. The lowest BCUT2D eigenvalue weighted by atomic mass is 9.99. The van der Waals surface area contributed by atoms with Gasteiger partial charge in [-0.15, -0.1) is 11.3 Å². The van der Waals surface area contributed by atoms with Crippen molar-refractivity contribution in [1.29, 1.82) is 0 Å². The molecule has 0 spiro atoms. The third-order valence-electron chi connectivity index (χ3n) is 5.32. The maximum absolute atomic E-state index is 13.2. The molecular formula is C23H16ClNO6S. The summed E-state index contributed by atoms with van der Waals surface area (Å²) in [6.07, 6.45) is 0. The molecule has 1 N–H and O–H groups in total. The number of aliphatic hydroxyl groups is 1. The van der Waals surface area contributed by atoms with Gasteiger partial charge in [0.1, 0.15) is 17.6 Å². The Hall–Kier alpha value is -3.49. The van der Waals surface area contributed by atoms with E-state index in [1.807, 2.05) is 17.5 Å². The van der Waals surface area contributed by atoms with E-state index in [0.29, 0.717) is 33.5 Å². The molecular weight excluding hydrogens is 454 g/mol. The van der Waals surface area contributed by atoms with Crippen molar-refractivity contribution in [3.63, 3.8) is 0 Å². The Kier molecular flexibility index (Phi) is 5.03. The van der Waals surface area contributed by atoms with E-state index in [4.69, 9.17) is 25.8 Å². The fraction of sp³-hybridized carbons (Fsp3) is 0.130. The zero-order valence-corrected chi connectivity index (χ0v) is 18.3. The molecule has 1 aromatic heterocycles. The second kappa shape index (κ2) is 7.89. The van der Waals surface area contributed by atoms with Crippen molar-refractivity contribution in [3.8, 4) is 17.2 Å². The van der Waals surface area contributed by atoms with Crippen LogP contribution in [0.25, 0.3) is 5.76 Å². The molecule has 0 bridgehead atoms. The number of ether oxygens (including phenoxy) is 3. The van der Waals surface area contributed by atoms with Crippen molar-refractivity contribution < 1.29 is 28.9 Å². The Morgan fingerprint density at radius 1 is 1.16 bits per heavy atom. The standard InChI is InChI=1S/C23H16ClNO6S/c1-29-16-9-12(4-6-14(16)24)21(26)19-20(18-3-2-8-32-18)25(23(28)22(19)27)13-5-7-15-17(10-13)31-11-30-15/h2-10,20,26H,11H2,1H3/b21-19-. The Morgan fingerprint density at radius 2 is 1.97 bits per heavy atom. The molecule has 32 heavy (non-hydrogen) atoms. The third kappa shape index (κ3) is 3.19. The highest BCUT2D eigenvalue weighted by atomic mass is 35.5. The number of anilines is 1. The number of benzene rings is 2. The van der Waals surface area contributed by atoms with Gasteiger partial charge in [-0.25, -0.2) is 0 Å². The Bertz CT molecular complexity index is 1270. The lowest BCUT2D eigenvalue weighted by Gasteiger charge is -2.24. The summed E-state index contributed by atoms with van der Waals surface area (Å²) in [6.45, 7) is 0.0877. The molecule has 1 amide bonds. The van der Waals surface area contributed by atoms with Crippen LogP contribution >= 0.6 is 22.9 Å².